The second-order valence-corrected chi connectivity index (χ2v) is 7.02. The molecule has 1 atom stereocenters. The summed E-state index contributed by atoms with van der Waals surface area (Å²) < 4.78 is 6.45. The molecule has 0 fully saturated rings. The maximum Gasteiger partial charge on any atom is 0.307 e. The number of nitrogens with one attached hydrogen (secondary N) is 1. The molecule has 1 N–H and O–H groups in total. The number of aryl methyl sites for hydroxylation is 2. The predicted molar refractivity (Wildman–Crippen MR) is 102 cm³/mol. The van der Waals surface area contributed by atoms with Crippen molar-refractivity contribution in [1.29, 1.82) is 0 Å². The SMILES string of the molecule is COC(=O)C[C@H](NC(=O)c1csc(-c2cnn(C)c2)n1)c1ccc(C)cc1. The van der Waals surface area contributed by atoms with Crippen LogP contribution in [0.2, 0.25) is 0 Å². The van der Waals surface area contributed by atoms with E-state index in [1.165, 1.54) is 18.4 Å². The summed E-state index contributed by atoms with van der Waals surface area (Å²) in [6, 6.07) is 7.18. The topological polar surface area (TPSA) is 86.1 Å². The monoisotopic (exact) mass is 384 g/mol. The van der Waals surface area contributed by atoms with Crippen LogP contribution in [0.15, 0.2) is 42.0 Å². The molecule has 1 amide bonds. The number of methoxy groups -OCH3 is 1. The van der Waals surface area contributed by atoms with E-state index in [1.54, 1.807) is 16.3 Å². The van der Waals surface area contributed by atoms with Crippen molar-refractivity contribution in [2.75, 3.05) is 7.11 Å². The van der Waals surface area contributed by atoms with Crippen molar-refractivity contribution in [3.05, 3.63) is 58.9 Å². The largest absolute Gasteiger partial charge is 0.469 e. The summed E-state index contributed by atoms with van der Waals surface area (Å²) >= 11 is 1.37. The molecule has 0 saturated heterocycles. The van der Waals surface area contributed by atoms with Gasteiger partial charge in [0, 0.05) is 24.2 Å². The average molecular weight is 384 g/mol. The minimum Gasteiger partial charge on any atom is -0.469 e. The number of esters is 1. The highest BCUT2D eigenvalue weighted by Gasteiger charge is 2.21. The first-order chi connectivity index (χ1) is 13.0. The van der Waals surface area contributed by atoms with Crippen LogP contribution >= 0.6 is 11.3 Å². The summed E-state index contributed by atoms with van der Waals surface area (Å²) in [6.07, 6.45) is 3.59. The fraction of sp³-hybridized carbons (Fsp3) is 0.263. The Balaban J connectivity index is 1.78. The van der Waals surface area contributed by atoms with Crippen molar-refractivity contribution in [2.24, 2.45) is 7.05 Å². The highest BCUT2D eigenvalue weighted by molar-refractivity contribution is 7.13. The minimum atomic E-state index is -0.492. The van der Waals surface area contributed by atoms with Gasteiger partial charge in [-0.15, -0.1) is 11.3 Å². The van der Waals surface area contributed by atoms with Gasteiger partial charge in [-0.3, -0.25) is 14.3 Å². The highest BCUT2D eigenvalue weighted by atomic mass is 32.1. The third kappa shape index (κ3) is 4.59. The molecule has 0 aliphatic heterocycles. The molecular weight excluding hydrogens is 364 g/mol. The lowest BCUT2D eigenvalue weighted by Crippen LogP contribution is -2.30. The van der Waals surface area contributed by atoms with Gasteiger partial charge in [-0.2, -0.15) is 5.10 Å². The van der Waals surface area contributed by atoms with Gasteiger partial charge < -0.3 is 10.1 Å². The van der Waals surface area contributed by atoms with E-state index in [4.69, 9.17) is 4.74 Å². The lowest BCUT2D eigenvalue weighted by Gasteiger charge is -2.18. The van der Waals surface area contributed by atoms with Crippen molar-refractivity contribution in [3.63, 3.8) is 0 Å². The van der Waals surface area contributed by atoms with Crippen molar-refractivity contribution < 1.29 is 14.3 Å². The number of rotatable bonds is 6. The molecule has 0 aliphatic carbocycles. The van der Waals surface area contributed by atoms with Crippen LogP contribution in [0.3, 0.4) is 0 Å². The zero-order valence-electron chi connectivity index (χ0n) is 15.3. The van der Waals surface area contributed by atoms with E-state index in [-0.39, 0.29) is 12.3 Å². The Morgan fingerprint density at radius 1 is 1.30 bits per heavy atom. The first-order valence-corrected chi connectivity index (χ1v) is 9.23. The predicted octanol–water partition coefficient (Wildman–Crippen LogP) is 2.89. The summed E-state index contributed by atoms with van der Waals surface area (Å²) in [5.74, 6) is -0.730. The molecule has 140 valence electrons. The Bertz CT molecular complexity index is 946. The van der Waals surface area contributed by atoms with Crippen molar-refractivity contribution in [3.8, 4) is 10.6 Å². The van der Waals surface area contributed by atoms with E-state index in [9.17, 15) is 9.59 Å². The molecule has 8 heteroatoms. The van der Waals surface area contributed by atoms with Crippen LogP contribution in [-0.2, 0) is 16.6 Å². The number of amides is 1. The van der Waals surface area contributed by atoms with Gasteiger partial charge >= 0.3 is 5.97 Å². The lowest BCUT2D eigenvalue weighted by atomic mass is 10.0. The van der Waals surface area contributed by atoms with Crippen LogP contribution in [-0.4, -0.2) is 33.8 Å². The second kappa shape index (κ2) is 8.13. The van der Waals surface area contributed by atoms with E-state index >= 15 is 0 Å². The molecule has 0 saturated carbocycles. The van der Waals surface area contributed by atoms with Crippen molar-refractivity contribution >= 4 is 23.2 Å². The zero-order chi connectivity index (χ0) is 19.4. The Kier molecular flexibility index (Phi) is 5.66. The maximum absolute atomic E-state index is 12.7. The molecule has 0 bridgehead atoms. The smallest absolute Gasteiger partial charge is 0.307 e. The molecule has 3 rings (SSSR count). The number of benzene rings is 1. The Labute approximate surface area is 161 Å². The summed E-state index contributed by atoms with van der Waals surface area (Å²) in [5.41, 5.74) is 3.09. The highest BCUT2D eigenvalue weighted by Crippen LogP contribution is 2.24. The fourth-order valence-corrected chi connectivity index (χ4v) is 3.35. The van der Waals surface area contributed by atoms with Crippen LogP contribution in [0, 0.1) is 6.92 Å². The third-order valence-electron chi connectivity index (χ3n) is 4.07. The molecule has 27 heavy (non-hydrogen) atoms. The zero-order valence-corrected chi connectivity index (χ0v) is 16.1. The molecule has 0 spiro atoms. The third-order valence-corrected chi connectivity index (χ3v) is 4.96. The molecule has 7 nitrogen and oxygen atoms in total. The lowest BCUT2D eigenvalue weighted by molar-refractivity contribution is -0.141. The van der Waals surface area contributed by atoms with Gasteiger partial charge in [0.1, 0.15) is 10.7 Å². The fourth-order valence-electron chi connectivity index (χ4n) is 2.58. The summed E-state index contributed by atoms with van der Waals surface area (Å²) in [7, 11) is 3.15. The second-order valence-electron chi connectivity index (χ2n) is 6.16. The van der Waals surface area contributed by atoms with E-state index < -0.39 is 12.0 Å². The molecular formula is C19H20N4O3S. The molecule has 0 radical (unpaired) electrons. The van der Waals surface area contributed by atoms with Crippen LogP contribution < -0.4 is 5.32 Å². The molecule has 1 aromatic carbocycles. The van der Waals surface area contributed by atoms with Crippen molar-refractivity contribution in [1.82, 2.24) is 20.1 Å². The van der Waals surface area contributed by atoms with Gasteiger partial charge in [0.05, 0.1) is 25.8 Å². The van der Waals surface area contributed by atoms with Gasteiger partial charge in [-0.05, 0) is 12.5 Å². The Morgan fingerprint density at radius 3 is 2.67 bits per heavy atom. The van der Waals surface area contributed by atoms with Crippen LogP contribution in [0.25, 0.3) is 10.6 Å². The molecule has 0 unspecified atom stereocenters. The summed E-state index contributed by atoms with van der Waals surface area (Å²) in [4.78, 5) is 28.8. The van der Waals surface area contributed by atoms with Crippen LogP contribution in [0.5, 0.6) is 0 Å². The summed E-state index contributed by atoms with van der Waals surface area (Å²) in [5, 5.41) is 9.42. The number of carbonyl (C=O) groups excluding carboxylic acids is 2. The normalized spacial score (nSPS) is 11.8. The van der Waals surface area contributed by atoms with Gasteiger partial charge in [0.25, 0.3) is 5.91 Å². The van der Waals surface area contributed by atoms with Gasteiger partial charge in [-0.1, -0.05) is 29.8 Å². The van der Waals surface area contributed by atoms with Gasteiger partial charge in [0.15, 0.2) is 0 Å². The number of carbonyl (C=O) groups is 2. The number of aromatic nitrogens is 3. The first-order valence-electron chi connectivity index (χ1n) is 8.35. The number of nitrogens with zero attached hydrogens (tertiary/aromatic N) is 3. The van der Waals surface area contributed by atoms with E-state index in [2.05, 4.69) is 15.4 Å². The minimum absolute atomic E-state index is 0.0465. The van der Waals surface area contributed by atoms with E-state index in [0.717, 1.165) is 16.7 Å². The quantitative estimate of drug-likeness (QED) is 0.661. The van der Waals surface area contributed by atoms with E-state index in [1.807, 2.05) is 44.4 Å². The number of hydrogen-bond donors (Lipinski definition) is 1. The number of ether oxygens (including phenoxy) is 1. The van der Waals surface area contributed by atoms with Gasteiger partial charge in [-0.25, -0.2) is 4.98 Å². The standard InChI is InChI=1S/C19H20N4O3S/c1-12-4-6-13(7-5-12)15(8-17(24)26-3)21-18(25)16-11-27-19(22-16)14-9-20-23(2)10-14/h4-7,9-11,15H,8H2,1-3H3,(H,21,25)/t15-/m0/s1. The van der Waals surface area contributed by atoms with Crippen LogP contribution in [0.4, 0.5) is 0 Å². The van der Waals surface area contributed by atoms with Gasteiger partial charge in [0.2, 0.25) is 0 Å². The molecule has 3 aromatic rings. The number of thiazole rings is 1. The molecule has 2 aromatic heterocycles. The maximum atomic E-state index is 12.7. The Morgan fingerprint density at radius 2 is 2.04 bits per heavy atom. The van der Waals surface area contributed by atoms with Crippen molar-refractivity contribution in [2.45, 2.75) is 19.4 Å². The average Bonchev–Trinajstić information content (AvgIpc) is 3.30. The molecule has 2 heterocycles. The summed E-state index contributed by atoms with van der Waals surface area (Å²) in [6.45, 7) is 1.98. The number of hydrogen-bond acceptors (Lipinski definition) is 6. The molecule has 0 aliphatic rings. The first kappa shape index (κ1) is 18.8. The van der Waals surface area contributed by atoms with E-state index in [0.29, 0.717) is 10.7 Å². The van der Waals surface area contributed by atoms with Crippen LogP contribution in [0.1, 0.15) is 34.1 Å². The Hall–Kier alpha value is -3.00.